The van der Waals surface area contributed by atoms with Crippen LogP contribution in [0.25, 0.3) is 0 Å². The largest absolute Gasteiger partial charge is 0.393 e. The number of benzene rings is 1. The van der Waals surface area contributed by atoms with Crippen molar-refractivity contribution in [1.29, 1.82) is 0 Å². The molecule has 1 rings (SSSR count). The molecule has 0 aliphatic heterocycles. The summed E-state index contributed by atoms with van der Waals surface area (Å²) in [5, 5.41) is 13.3. The van der Waals surface area contributed by atoms with Crippen molar-refractivity contribution >= 4 is 17.3 Å². The lowest BCUT2D eigenvalue weighted by Crippen LogP contribution is -2.37. The molecule has 0 aliphatic carbocycles. The first-order valence-corrected chi connectivity index (χ1v) is 5.00. The van der Waals surface area contributed by atoms with E-state index in [2.05, 4.69) is 5.32 Å². The van der Waals surface area contributed by atoms with Gasteiger partial charge in [-0.1, -0.05) is 0 Å². The van der Waals surface area contributed by atoms with Gasteiger partial charge < -0.3 is 16.8 Å². The molecule has 1 aromatic carbocycles. The molecule has 17 heavy (non-hydrogen) atoms. The Bertz CT molecular complexity index is 447. The number of anilines is 1. The Morgan fingerprint density at radius 2 is 2.24 bits per heavy atom. The van der Waals surface area contributed by atoms with E-state index < -0.39 is 10.8 Å². The molecule has 0 saturated carbocycles. The third kappa shape index (κ3) is 3.15. The van der Waals surface area contributed by atoms with Gasteiger partial charge >= 0.3 is 0 Å². The monoisotopic (exact) mass is 238 g/mol. The number of amides is 1. The lowest BCUT2D eigenvalue weighted by atomic mass is 10.1. The second-order valence-corrected chi connectivity index (χ2v) is 3.64. The molecule has 0 aromatic heterocycles. The molecule has 0 spiro atoms. The van der Waals surface area contributed by atoms with Gasteiger partial charge in [0, 0.05) is 24.2 Å². The van der Waals surface area contributed by atoms with Crippen molar-refractivity contribution < 1.29 is 9.72 Å². The van der Waals surface area contributed by atoms with Crippen molar-refractivity contribution in [3.8, 4) is 0 Å². The third-order valence-electron chi connectivity index (χ3n) is 2.22. The normalized spacial score (nSPS) is 11.9. The van der Waals surface area contributed by atoms with Gasteiger partial charge in [-0.2, -0.15) is 0 Å². The number of carbonyl (C=O) groups is 1. The van der Waals surface area contributed by atoms with Crippen LogP contribution in [0.2, 0.25) is 0 Å². The third-order valence-corrected chi connectivity index (χ3v) is 2.22. The standard InChI is InChI=1S/C10H14N4O3/c1-6(5-11)13-10(15)7-2-3-8(12)9(4-7)14(16)17/h2-4,6H,5,11-12H2,1H3,(H,13,15)/t6-/m0/s1. The molecule has 0 unspecified atom stereocenters. The van der Waals surface area contributed by atoms with Gasteiger partial charge in [0.2, 0.25) is 0 Å². The fourth-order valence-corrected chi connectivity index (χ4v) is 1.21. The van der Waals surface area contributed by atoms with Gasteiger partial charge in [-0.3, -0.25) is 14.9 Å². The zero-order valence-electron chi connectivity index (χ0n) is 9.34. The Hall–Kier alpha value is -2.15. The maximum atomic E-state index is 11.7. The number of rotatable bonds is 4. The van der Waals surface area contributed by atoms with E-state index in [1.807, 2.05) is 0 Å². The fraction of sp³-hybridized carbons (Fsp3) is 0.300. The van der Waals surface area contributed by atoms with E-state index in [4.69, 9.17) is 11.5 Å². The number of nitrogens with two attached hydrogens (primary N) is 2. The minimum absolute atomic E-state index is 0.0263. The zero-order chi connectivity index (χ0) is 13.0. The summed E-state index contributed by atoms with van der Waals surface area (Å²) in [5.74, 6) is -0.411. The SMILES string of the molecule is C[C@@H](CN)NC(=O)c1ccc(N)c([N+](=O)[O-])c1. The molecule has 0 aliphatic rings. The maximum absolute atomic E-state index is 11.7. The number of nitrogen functional groups attached to an aromatic ring is 1. The highest BCUT2D eigenvalue weighted by Gasteiger charge is 2.16. The average molecular weight is 238 g/mol. The van der Waals surface area contributed by atoms with Crippen LogP contribution in [0.3, 0.4) is 0 Å². The highest BCUT2D eigenvalue weighted by atomic mass is 16.6. The average Bonchev–Trinajstić information content (AvgIpc) is 2.28. The maximum Gasteiger partial charge on any atom is 0.292 e. The molecule has 7 heteroatoms. The summed E-state index contributed by atoms with van der Waals surface area (Å²) in [4.78, 5) is 21.7. The van der Waals surface area contributed by atoms with Crippen LogP contribution in [0, 0.1) is 10.1 Å². The molecule has 0 bridgehead atoms. The topological polar surface area (TPSA) is 124 Å². The van der Waals surface area contributed by atoms with E-state index in [1.165, 1.54) is 12.1 Å². The molecule has 1 amide bonds. The van der Waals surface area contributed by atoms with E-state index in [-0.39, 0.29) is 23.0 Å². The van der Waals surface area contributed by atoms with Gasteiger partial charge in [-0.05, 0) is 19.1 Å². The van der Waals surface area contributed by atoms with E-state index in [1.54, 1.807) is 6.92 Å². The van der Waals surface area contributed by atoms with Crippen LogP contribution < -0.4 is 16.8 Å². The van der Waals surface area contributed by atoms with Gasteiger partial charge in [-0.15, -0.1) is 0 Å². The predicted molar refractivity (Wildman–Crippen MR) is 63.5 cm³/mol. The summed E-state index contributed by atoms with van der Waals surface area (Å²) >= 11 is 0. The van der Waals surface area contributed by atoms with Crippen LogP contribution >= 0.6 is 0 Å². The quantitative estimate of drug-likeness (QED) is 0.394. The Balaban J connectivity index is 2.96. The lowest BCUT2D eigenvalue weighted by Gasteiger charge is -2.11. The van der Waals surface area contributed by atoms with Gasteiger partial charge in [-0.25, -0.2) is 0 Å². The summed E-state index contributed by atoms with van der Waals surface area (Å²) in [7, 11) is 0. The van der Waals surface area contributed by atoms with Crippen LogP contribution in [-0.2, 0) is 0 Å². The first-order chi connectivity index (χ1) is 7.95. The Labute approximate surface area is 97.9 Å². The van der Waals surface area contributed by atoms with Crippen LogP contribution in [-0.4, -0.2) is 23.4 Å². The number of nitrogens with zero attached hydrogens (tertiary/aromatic N) is 1. The van der Waals surface area contributed by atoms with Crippen molar-refractivity contribution in [3.05, 3.63) is 33.9 Å². The van der Waals surface area contributed by atoms with Gasteiger partial charge in [0.25, 0.3) is 11.6 Å². The van der Waals surface area contributed by atoms with Crippen molar-refractivity contribution in [2.24, 2.45) is 5.73 Å². The van der Waals surface area contributed by atoms with Gasteiger partial charge in [0.05, 0.1) is 4.92 Å². The molecular formula is C10H14N4O3. The minimum atomic E-state index is -0.627. The number of hydrogen-bond acceptors (Lipinski definition) is 5. The summed E-state index contributed by atoms with van der Waals surface area (Å²) in [6, 6.07) is 3.72. The molecule has 0 radical (unpaired) electrons. The van der Waals surface area contributed by atoms with Crippen LogP contribution in [0.5, 0.6) is 0 Å². The first kappa shape index (κ1) is 12.9. The van der Waals surface area contributed by atoms with Crippen molar-refractivity contribution in [2.45, 2.75) is 13.0 Å². The van der Waals surface area contributed by atoms with E-state index in [9.17, 15) is 14.9 Å². The Morgan fingerprint density at radius 1 is 1.59 bits per heavy atom. The Kier molecular flexibility index (Phi) is 4.00. The molecule has 1 atom stereocenters. The molecule has 92 valence electrons. The van der Waals surface area contributed by atoms with Crippen LogP contribution in [0.4, 0.5) is 11.4 Å². The van der Waals surface area contributed by atoms with Gasteiger partial charge in [0.15, 0.2) is 0 Å². The van der Waals surface area contributed by atoms with Crippen molar-refractivity contribution in [1.82, 2.24) is 5.32 Å². The second-order valence-electron chi connectivity index (χ2n) is 3.64. The summed E-state index contributed by atoms with van der Waals surface area (Å²) in [6.45, 7) is 2.03. The van der Waals surface area contributed by atoms with Crippen LogP contribution in [0.15, 0.2) is 18.2 Å². The van der Waals surface area contributed by atoms with Crippen molar-refractivity contribution in [2.75, 3.05) is 12.3 Å². The number of nitrogens with one attached hydrogen (secondary N) is 1. The lowest BCUT2D eigenvalue weighted by molar-refractivity contribution is -0.383. The number of carbonyl (C=O) groups excluding carboxylic acids is 1. The summed E-state index contributed by atoms with van der Waals surface area (Å²) in [6.07, 6.45) is 0. The molecule has 5 N–H and O–H groups in total. The van der Waals surface area contributed by atoms with Gasteiger partial charge in [0.1, 0.15) is 5.69 Å². The minimum Gasteiger partial charge on any atom is -0.393 e. The number of nitro groups is 1. The van der Waals surface area contributed by atoms with Crippen LogP contribution in [0.1, 0.15) is 17.3 Å². The molecular weight excluding hydrogens is 224 g/mol. The highest BCUT2D eigenvalue weighted by molar-refractivity contribution is 5.95. The zero-order valence-corrected chi connectivity index (χ0v) is 9.34. The predicted octanol–water partition coefficient (Wildman–Crippen LogP) is 0.254. The van der Waals surface area contributed by atoms with E-state index in [0.29, 0.717) is 6.54 Å². The van der Waals surface area contributed by atoms with Crippen molar-refractivity contribution in [3.63, 3.8) is 0 Å². The summed E-state index contributed by atoms with van der Waals surface area (Å²) in [5.41, 5.74) is 10.7. The fourth-order valence-electron chi connectivity index (χ4n) is 1.21. The van der Waals surface area contributed by atoms with E-state index >= 15 is 0 Å². The summed E-state index contributed by atoms with van der Waals surface area (Å²) < 4.78 is 0. The molecule has 1 aromatic rings. The first-order valence-electron chi connectivity index (χ1n) is 5.00. The molecule has 0 fully saturated rings. The molecule has 0 saturated heterocycles. The highest BCUT2D eigenvalue weighted by Crippen LogP contribution is 2.22. The second kappa shape index (κ2) is 5.26. The smallest absolute Gasteiger partial charge is 0.292 e. The Morgan fingerprint density at radius 3 is 2.76 bits per heavy atom. The molecule has 7 nitrogen and oxygen atoms in total. The number of hydrogen-bond donors (Lipinski definition) is 3. The number of nitro benzene ring substituents is 1. The molecule has 0 heterocycles. The van der Waals surface area contributed by atoms with E-state index in [0.717, 1.165) is 6.07 Å².